The fourth-order valence-electron chi connectivity index (χ4n) is 2.88. The summed E-state index contributed by atoms with van der Waals surface area (Å²) in [7, 11) is 0. The summed E-state index contributed by atoms with van der Waals surface area (Å²) in [5, 5.41) is 2.50. The minimum absolute atomic E-state index is 1.05. The summed E-state index contributed by atoms with van der Waals surface area (Å²) in [6, 6.07) is 4.52. The predicted octanol–water partition coefficient (Wildman–Crippen LogP) is 5.44. The molecule has 19 heavy (non-hydrogen) atoms. The first-order valence-corrected chi connectivity index (χ1v) is 6.81. The molecule has 1 aromatic heterocycles. The van der Waals surface area contributed by atoms with E-state index in [-0.39, 0.29) is 0 Å². The number of rotatable bonds is 0. The van der Waals surface area contributed by atoms with Gasteiger partial charge in [0.05, 0.1) is 0 Å². The van der Waals surface area contributed by atoms with E-state index in [0.717, 1.165) is 11.2 Å². The highest BCUT2D eigenvalue weighted by Crippen LogP contribution is 2.36. The van der Waals surface area contributed by atoms with E-state index in [4.69, 9.17) is 4.42 Å². The Hall–Kier alpha value is -1.76. The lowest BCUT2D eigenvalue weighted by Crippen LogP contribution is -1.87. The van der Waals surface area contributed by atoms with Crippen LogP contribution in [0.3, 0.4) is 0 Å². The number of benzene rings is 2. The van der Waals surface area contributed by atoms with Gasteiger partial charge in [0.2, 0.25) is 0 Å². The molecule has 3 aromatic rings. The molecule has 0 N–H and O–H groups in total. The Morgan fingerprint density at radius 3 is 1.32 bits per heavy atom. The second-order valence-corrected chi connectivity index (χ2v) is 5.74. The molecule has 98 valence electrons. The molecule has 0 aliphatic rings. The summed E-state index contributed by atoms with van der Waals surface area (Å²) in [5.74, 6) is 0. The van der Waals surface area contributed by atoms with Crippen LogP contribution in [0.15, 0.2) is 16.5 Å². The van der Waals surface area contributed by atoms with E-state index in [1.165, 1.54) is 44.2 Å². The second-order valence-electron chi connectivity index (χ2n) is 5.74. The summed E-state index contributed by atoms with van der Waals surface area (Å²) in [4.78, 5) is 0. The third-order valence-corrected chi connectivity index (χ3v) is 4.69. The Morgan fingerprint density at radius 1 is 0.579 bits per heavy atom. The molecule has 0 spiro atoms. The first-order valence-electron chi connectivity index (χ1n) is 6.81. The van der Waals surface area contributed by atoms with Crippen LogP contribution in [0.1, 0.15) is 33.4 Å². The van der Waals surface area contributed by atoms with Crippen LogP contribution in [0.5, 0.6) is 0 Å². The number of hydrogen-bond donors (Lipinski definition) is 0. The molecule has 0 radical (unpaired) electrons. The normalized spacial score (nSPS) is 11.7. The number of aryl methyl sites for hydroxylation is 4. The Labute approximate surface area is 114 Å². The molecule has 0 aliphatic carbocycles. The van der Waals surface area contributed by atoms with Crippen molar-refractivity contribution in [3.05, 3.63) is 45.5 Å². The average Bonchev–Trinajstić information content (AvgIpc) is 2.73. The average molecular weight is 252 g/mol. The van der Waals surface area contributed by atoms with Crippen LogP contribution in [0, 0.1) is 41.5 Å². The van der Waals surface area contributed by atoms with E-state index < -0.39 is 0 Å². The molecule has 0 atom stereocenters. The first kappa shape index (κ1) is 12.3. The summed E-state index contributed by atoms with van der Waals surface area (Å²) in [6.07, 6.45) is 0. The number of furan rings is 1. The molecule has 0 aliphatic heterocycles. The summed E-state index contributed by atoms with van der Waals surface area (Å²) < 4.78 is 6.19. The lowest BCUT2D eigenvalue weighted by molar-refractivity contribution is 0.661. The van der Waals surface area contributed by atoms with Crippen molar-refractivity contribution in [2.45, 2.75) is 41.5 Å². The zero-order chi connectivity index (χ0) is 13.9. The van der Waals surface area contributed by atoms with Gasteiger partial charge >= 0.3 is 0 Å². The molecule has 1 nitrogen and oxygen atoms in total. The summed E-state index contributed by atoms with van der Waals surface area (Å²) in [6.45, 7) is 13.0. The third-order valence-electron chi connectivity index (χ3n) is 4.69. The zero-order valence-corrected chi connectivity index (χ0v) is 12.6. The summed E-state index contributed by atoms with van der Waals surface area (Å²) in [5.41, 5.74) is 9.96. The van der Waals surface area contributed by atoms with E-state index in [0.29, 0.717) is 0 Å². The van der Waals surface area contributed by atoms with Crippen molar-refractivity contribution < 1.29 is 4.42 Å². The van der Waals surface area contributed by atoms with Crippen LogP contribution < -0.4 is 0 Å². The van der Waals surface area contributed by atoms with E-state index in [1.54, 1.807) is 0 Å². The molecule has 2 aromatic carbocycles. The van der Waals surface area contributed by atoms with Crippen molar-refractivity contribution in [2.75, 3.05) is 0 Å². The highest BCUT2D eigenvalue weighted by molar-refractivity contribution is 6.08. The van der Waals surface area contributed by atoms with E-state index >= 15 is 0 Å². The third kappa shape index (κ3) is 1.54. The maximum Gasteiger partial charge on any atom is 0.138 e. The molecular formula is C18H20O. The van der Waals surface area contributed by atoms with Crippen LogP contribution >= 0.6 is 0 Å². The molecule has 0 bridgehead atoms. The molecule has 0 saturated carbocycles. The molecule has 0 saturated heterocycles. The zero-order valence-electron chi connectivity index (χ0n) is 12.6. The quantitative estimate of drug-likeness (QED) is 0.519. The molecule has 3 rings (SSSR count). The Morgan fingerprint density at radius 2 is 0.947 bits per heavy atom. The van der Waals surface area contributed by atoms with Gasteiger partial charge in [-0.15, -0.1) is 0 Å². The van der Waals surface area contributed by atoms with Crippen LogP contribution in [0.4, 0.5) is 0 Å². The fraction of sp³-hybridized carbons (Fsp3) is 0.333. The maximum atomic E-state index is 6.19. The van der Waals surface area contributed by atoms with Gasteiger partial charge in [-0.25, -0.2) is 0 Å². The predicted molar refractivity (Wildman–Crippen MR) is 82.1 cm³/mol. The molecule has 1 heteroatoms. The molecule has 0 amide bonds. The monoisotopic (exact) mass is 252 g/mol. The standard InChI is InChI=1S/C18H20O/c1-9-7-15-16-8-10(2)12(4)14(6)18(16)19-17(15)13(5)11(9)3/h7-8H,1-6H3. The number of hydrogen-bond acceptors (Lipinski definition) is 1. The Balaban J connectivity index is 2.61. The van der Waals surface area contributed by atoms with Gasteiger partial charge in [-0.1, -0.05) is 0 Å². The lowest BCUT2D eigenvalue weighted by atomic mass is 9.97. The smallest absolute Gasteiger partial charge is 0.138 e. The van der Waals surface area contributed by atoms with Crippen LogP contribution in [-0.2, 0) is 0 Å². The lowest BCUT2D eigenvalue weighted by Gasteiger charge is -2.05. The molecule has 0 fully saturated rings. The van der Waals surface area contributed by atoms with Crippen LogP contribution in [0.25, 0.3) is 21.9 Å². The number of fused-ring (bicyclic) bond motifs is 3. The van der Waals surface area contributed by atoms with Crippen molar-refractivity contribution in [1.29, 1.82) is 0 Å². The van der Waals surface area contributed by atoms with Gasteiger partial charge in [0.25, 0.3) is 0 Å². The summed E-state index contributed by atoms with van der Waals surface area (Å²) >= 11 is 0. The molecule has 1 heterocycles. The first-order chi connectivity index (χ1) is 8.91. The van der Waals surface area contributed by atoms with Crippen molar-refractivity contribution in [3.63, 3.8) is 0 Å². The van der Waals surface area contributed by atoms with Crippen molar-refractivity contribution in [1.82, 2.24) is 0 Å². The van der Waals surface area contributed by atoms with E-state index in [2.05, 4.69) is 53.7 Å². The minimum Gasteiger partial charge on any atom is -0.455 e. The molecule has 0 unspecified atom stereocenters. The van der Waals surface area contributed by atoms with Gasteiger partial charge in [0.1, 0.15) is 11.2 Å². The molecular weight excluding hydrogens is 232 g/mol. The SMILES string of the molecule is Cc1cc2c(oc3c(C)c(C)c(C)cc32)c(C)c1C. The Kier molecular flexibility index (Phi) is 2.50. The van der Waals surface area contributed by atoms with Crippen molar-refractivity contribution in [2.24, 2.45) is 0 Å². The van der Waals surface area contributed by atoms with Gasteiger partial charge < -0.3 is 4.42 Å². The topological polar surface area (TPSA) is 13.1 Å². The van der Waals surface area contributed by atoms with E-state index in [1.807, 2.05) is 0 Å². The van der Waals surface area contributed by atoms with Gasteiger partial charge in [-0.3, -0.25) is 0 Å². The van der Waals surface area contributed by atoms with Crippen LogP contribution in [0.2, 0.25) is 0 Å². The maximum absolute atomic E-state index is 6.19. The van der Waals surface area contributed by atoms with Crippen molar-refractivity contribution in [3.8, 4) is 0 Å². The van der Waals surface area contributed by atoms with Crippen molar-refractivity contribution >= 4 is 21.9 Å². The highest BCUT2D eigenvalue weighted by Gasteiger charge is 2.15. The van der Waals surface area contributed by atoms with Gasteiger partial charge in [-0.05, 0) is 87.1 Å². The highest BCUT2D eigenvalue weighted by atomic mass is 16.3. The van der Waals surface area contributed by atoms with E-state index in [9.17, 15) is 0 Å². The van der Waals surface area contributed by atoms with Gasteiger partial charge in [0, 0.05) is 10.8 Å². The van der Waals surface area contributed by atoms with Gasteiger partial charge in [-0.2, -0.15) is 0 Å². The van der Waals surface area contributed by atoms with Crippen LogP contribution in [-0.4, -0.2) is 0 Å². The van der Waals surface area contributed by atoms with Gasteiger partial charge in [0.15, 0.2) is 0 Å². The largest absolute Gasteiger partial charge is 0.455 e. The second kappa shape index (κ2) is 3.86. The minimum atomic E-state index is 1.05. The fourth-order valence-corrected chi connectivity index (χ4v) is 2.88. The Bertz CT molecular complexity index is 751.